The highest BCUT2D eigenvalue weighted by Gasteiger charge is 2.19. The summed E-state index contributed by atoms with van der Waals surface area (Å²) in [6.45, 7) is 0. The van der Waals surface area contributed by atoms with Crippen molar-refractivity contribution in [2.45, 2.75) is 0 Å². The van der Waals surface area contributed by atoms with Gasteiger partial charge in [-0.2, -0.15) is 0 Å². The number of para-hydroxylation sites is 1. The van der Waals surface area contributed by atoms with Gasteiger partial charge in [-0.15, -0.1) is 0 Å². The number of carbonyl (C=O) groups excluding carboxylic acids is 1. The van der Waals surface area contributed by atoms with Gasteiger partial charge in [-0.3, -0.25) is 13.3 Å². The lowest BCUT2D eigenvalue weighted by molar-refractivity contribution is 0.102. The molecule has 1 unspecified atom stereocenters. The molecule has 1 atom stereocenters. The third-order valence-corrected chi connectivity index (χ3v) is 5.51. The number of hydrogen-bond donors (Lipinski definition) is 1. The lowest BCUT2D eigenvalue weighted by atomic mass is 10.1. The van der Waals surface area contributed by atoms with Gasteiger partial charge in [0, 0.05) is 11.3 Å². The second-order valence-corrected chi connectivity index (χ2v) is 7.55. The van der Waals surface area contributed by atoms with Gasteiger partial charge in [0.05, 0.1) is 29.8 Å². The Labute approximate surface area is 182 Å². The van der Waals surface area contributed by atoms with E-state index in [0.717, 1.165) is 15.1 Å². The Morgan fingerprint density at radius 2 is 1.61 bits per heavy atom. The number of hydrogen-bond acceptors (Lipinski definition) is 4. The summed E-state index contributed by atoms with van der Waals surface area (Å²) in [6, 6.07) is 26.7. The third-order valence-electron chi connectivity index (χ3n) is 4.81. The summed E-state index contributed by atoms with van der Waals surface area (Å²) < 4.78 is 31.0. The molecular formula is C24H19N2O4S-. The number of nitrogens with zero attached hydrogens (tertiary/aromatic N) is 1. The summed E-state index contributed by atoms with van der Waals surface area (Å²) in [5.74, 6) is -0.0288. The Kier molecular flexibility index (Phi) is 5.97. The SMILES string of the molecule is COc1ccc(C(=O)Nc2ccccc2)cc1N(c1ccc2ccccc2c1)S(=O)[O-]. The molecule has 0 bridgehead atoms. The van der Waals surface area contributed by atoms with Crippen LogP contribution >= 0.6 is 0 Å². The van der Waals surface area contributed by atoms with Gasteiger partial charge in [-0.25, -0.2) is 0 Å². The molecule has 1 N–H and O–H groups in total. The Balaban J connectivity index is 1.76. The van der Waals surface area contributed by atoms with Crippen LogP contribution in [0.3, 0.4) is 0 Å². The first-order valence-electron chi connectivity index (χ1n) is 9.49. The second-order valence-electron chi connectivity index (χ2n) is 6.75. The van der Waals surface area contributed by atoms with Crippen molar-refractivity contribution in [3.8, 4) is 5.75 Å². The van der Waals surface area contributed by atoms with Crippen molar-refractivity contribution < 1.29 is 18.3 Å². The molecule has 7 heteroatoms. The zero-order valence-electron chi connectivity index (χ0n) is 16.6. The molecule has 0 saturated heterocycles. The van der Waals surface area contributed by atoms with E-state index in [1.807, 2.05) is 48.5 Å². The standard InChI is InChI=1S/C24H20N2O4S/c1-30-23-14-12-19(24(27)25-20-9-3-2-4-10-20)16-22(23)26(31(28)29)21-13-11-17-7-5-6-8-18(17)15-21/h2-16H,1H3,(H,25,27)(H,28,29)/p-1. The number of methoxy groups -OCH3 is 1. The molecule has 0 fully saturated rings. The van der Waals surface area contributed by atoms with Gasteiger partial charge in [0.15, 0.2) is 0 Å². The highest BCUT2D eigenvalue weighted by Crippen LogP contribution is 2.37. The van der Waals surface area contributed by atoms with E-state index in [1.165, 1.54) is 13.2 Å². The van der Waals surface area contributed by atoms with Crippen LogP contribution in [0.5, 0.6) is 5.75 Å². The molecule has 1 amide bonds. The van der Waals surface area contributed by atoms with Gasteiger partial charge in [-0.1, -0.05) is 48.5 Å². The van der Waals surface area contributed by atoms with E-state index in [-0.39, 0.29) is 11.6 Å². The summed E-state index contributed by atoms with van der Waals surface area (Å²) in [4.78, 5) is 12.7. The zero-order valence-corrected chi connectivity index (χ0v) is 17.5. The van der Waals surface area contributed by atoms with Crippen LogP contribution in [0.4, 0.5) is 17.1 Å². The van der Waals surface area contributed by atoms with E-state index < -0.39 is 11.3 Å². The van der Waals surface area contributed by atoms with Crippen molar-refractivity contribution in [3.63, 3.8) is 0 Å². The van der Waals surface area contributed by atoms with Gasteiger partial charge in [0.25, 0.3) is 5.91 Å². The normalized spacial score (nSPS) is 11.7. The Bertz CT molecular complexity index is 1260. The first-order valence-corrected chi connectivity index (χ1v) is 10.5. The fourth-order valence-electron chi connectivity index (χ4n) is 3.32. The minimum atomic E-state index is -2.65. The zero-order chi connectivity index (χ0) is 21.8. The monoisotopic (exact) mass is 431 g/mol. The van der Waals surface area contributed by atoms with Crippen molar-refractivity contribution in [2.24, 2.45) is 0 Å². The lowest BCUT2D eigenvalue weighted by Crippen LogP contribution is -2.21. The molecule has 4 aromatic carbocycles. The molecule has 0 aliphatic heterocycles. The maximum atomic E-state index is 12.7. The number of benzene rings is 4. The van der Waals surface area contributed by atoms with Crippen molar-refractivity contribution in [1.82, 2.24) is 0 Å². The van der Waals surface area contributed by atoms with Gasteiger partial charge in [0.1, 0.15) is 5.75 Å². The largest absolute Gasteiger partial charge is 0.755 e. The van der Waals surface area contributed by atoms with Gasteiger partial charge in [-0.05, 0) is 53.2 Å². The van der Waals surface area contributed by atoms with Crippen LogP contribution in [0.1, 0.15) is 10.4 Å². The van der Waals surface area contributed by atoms with E-state index in [4.69, 9.17) is 4.74 Å². The molecule has 0 saturated carbocycles. The van der Waals surface area contributed by atoms with Gasteiger partial charge in [0.2, 0.25) is 0 Å². The molecule has 4 aromatic rings. The lowest BCUT2D eigenvalue weighted by Gasteiger charge is -2.28. The fourth-order valence-corrected chi connectivity index (χ4v) is 3.91. The average molecular weight is 431 g/mol. The topological polar surface area (TPSA) is 81.7 Å². The van der Waals surface area contributed by atoms with E-state index in [0.29, 0.717) is 22.7 Å². The predicted octanol–water partition coefficient (Wildman–Crippen LogP) is 5.03. The fraction of sp³-hybridized carbons (Fsp3) is 0.0417. The number of nitrogens with one attached hydrogen (secondary N) is 1. The van der Waals surface area contributed by atoms with Crippen LogP contribution in [-0.2, 0) is 11.3 Å². The van der Waals surface area contributed by atoms with E-state index in [2.05, 4.69) is 5.32 Å². The Morgan fingerprint density at radius 3 is 2.32 bits per heavy atom. The van der Waals surface area contributed by atoms with Crippen molar-refractivity contribution >= 4 is 45.0 Å². The second kappa shape index (κ2) is 8.99. The highest BCUT2D eigenvalue weighted by molar-refractivity contribution is 7.81. The van der Waals surface area contributed by atoms with Crippen LogP contribution in [0.2, 0.25) is 0 Å². The summed E-state index contributed by atoms with van der Waals surface area (Å²) in [7, 11) is 1.45. The molecule has 156 valence electrons. The van der Waals surface area contributed by atoms with Crippen molar-refractivity contribution in [1.29, 1.82) is 0 Å². The molecule has 31 heavy (non-hydrogen) atoms. The van der Waals surface area contributed by atoms with Crippen LogP contribution < -0.4 is 14.4 Å². The van der Waals surface area contributed by atoms with E-state index in [9.17, 15) is 13.6 Å². The quantitative estimate of drug-likeness (QED) is 0.434. The van der Waals surface area contributed by atoms with Gasteiger partial charge >= 0.3 is 0 Å². The van der Waals surface area contributed by atoms with Crippen LogP contribution in [0, 0.1) is 0 Å². The molecule has 0 heterocycles. The first kappa shape index (κ1) is 20.6. The Hall–Kier alpha value is -3.68. The van der Waals surface area contributed by atoms with E-state index in [1.54, 1.807) is 36.4 Å². The van der Waals surface area contributed by atoms with Crippen LogP contribution in [0.15, 0.2) is 91.0 Å². The smallest absolute Gasteiger partial charge is 0.255 e. The predicted molar refractivity (Wildman–Crippen MR) is 122 cm³/mol. The number of amides is 1. The number of anilines is 3. The number of ether oxygens (including phenoxy) is 1. The minimum Gasteiger partial charge on any atom is -0.755 e. The van der Waals surface area contributed by atoms with Crippen molar-refractivity contribution in [3.05, 3.63) is 96.6 Å². The van der Waals surface area contributed by atoms with Crippen molar-refractivity contribution in [2.75, 3.05) is 16.7 Å². The maximum absolute atomic E-state index is 12.7. The summed E-state index contributed by atoms with van der Waals surface area (Å²) >= 11 is -2.65. The Morgan fingerprint density at radius 1 is 0.903 bits per heavy atom. The van der Waals surface area contributed by atoms with Gasteiger partial charge < -0.3 is 14.6 Å². The molecule has 0 radical (unpaired) electrons. The van der Waals surface area contributed by atoms with Crippen LogP contribution in [-0.4, -0.2) is 21.8 Å². The first-order chi connectivity index (χ1) is 15.1. The van der Waals surface area contributed by atoms with E-state index >= 15 is 0 Å². The number of rotatable bonds is 6. The summed E-state index contributed by atoms with van der Waals surface area (Å²) in [6.07, 6.45) is 0. The molecule has 0 aliphatic rings. The molecule has 0 spiro atoms. The molecule has 4 rings (SSSR count). The molecular weight excluding hydrogens is 412 g/mol. The molecule has 0 aromatic heterocycles. The highest BCUT2D eigenvalue weighted by atomic mass is 32.2. The average Bonchev–Trinajstić information content (AvgIpc) is 2.79. The number of fused-ring (bicyclic) bond motifs is 1. The molecule has 0 aliphatic carbocycles. The summed E-state index contributed by atoms with van der Waals surface area (Å²) in [5, 5.41) is 4.69. The van der Waals surface area contributed by atoms with Crippen LogP contribution in [0.25, 0.3) is 10.8 Å². The third kappa shape index (κ3) is 4.42. The number of carbonyl (C=O) groups is 1. The summed E-state index contributed by atoms with van der Waals surface area (Å²) in [5.41, 5.74) is 1.62. The minimum absolute atomic E-state index is 0.242. The molecule has 6 nitrogen and oxygen atoms in total. The maximum Gasteiger partial charge on any atom is 0.255 e.